The van der Waals surface area contributed by atoms with Gasteiger partial charge in [-0.05, 0) is 43.5 Å². The van der Waals surface area contributed by atoms with Crippen molar-refractivity contribution in [1.29, 1.82) is 0 Å². The van der Waals surface area contributed by atoms with Crippen LogP contribution in [-0.4, -0.2) is 31.6 Å². The van der Waals surface area contributed by atoms with Crippen molar-refractivity contribution in [3.63, 3.8) is 0 Å². The van der Waals surface area contributed by atoms with Crippen LogP contribution in [0.2, 0.25) is 0 Å². The van der Waals surface area contributed by atoms with Crippen molar-refractivity contribution < 1.29 is 4.79 Å². The quantitative estimate of drug-likeness (QED) is 0.717. The molecule has 3 rings (SSSR count). The molecule has 1 heterocycles. The highest BCUT2D eigenvalue weighted by Gasteiger charge is 2.35. The standard InChI is InChI=1S/C22H29N3O/c23-16-22(17-25-21(26)14-19-9-5-2-6-10-19)11-12-24-20(15-22)13-18-7-3-1-4-8-18/h1-10,20,24H,11-17,23H2,(H,25,26). The fourth-order valence-corrected chi connectivity index (χ4v) is 3.83. The molecule has 0 bridgehead atoms. The lowest BCUT2D eigenvalue weighted by molar-refractivity contribution is -0.121. The first-order chi connectivity index (χ1) is 12.7. The average molecular weight is 351 g/mol. The van der Waals surface area contributed by atoms with Gasteiger partial charge in [0.15, 0.2) is 0 Å². The predicted octanol–water partition coefficient (Wildman–Crippen LogP) is 2.29. The zero-order valence-electron chi connectivity index (χ0n) is 15.3. The maximum absolute atomic E-state index is 12.3. The number of hydrogen-bond donors (Lipinski definition) is 3. The lowest BCUT2D eigenvalue weighted by Crippen LogP contribution is -2.53. The molecular weight excluding hydrogens is 322 g/mol. The van der Waals surface area contributed by atoms with E-state index < -0.39 is 0 Å². The van der Waals surface area contributed by atoms with E-state index in [2.05, 4.69) is 34.9 Å². The Bertz CT molecular complexity index is 689. The summed E-state index contributed by atoms with van der Waals surface area (Å²) in [5.41, 5.74) is 8.52. The fraction of sp³-hybridized carbons (Fsp3) is 0.409. The van der Waals surface area contributed by atoms with E-state index in [0.29, 0.717) is 25.6 Å². The summed E-state index contributed by atoms with van der Waals surface area (Å²) in [6.07, 6.45) is 3.41. The van der Waals surface area contributed by atoms with E-state index in [1.807, 2.05) is 36.4 Å². The van der Waals surface area contributed by atoms with E-state index in [1.165, 1.54) is 5.56 Å². The first-order valence-corrected chi connectivity index (χ1v) is 9.47. The summed E-state index contributed by atoms with van der Waals surface area (Å²) in [5, 5.41) is 6.75. The SMILES string of the molecule is NCC1(CNC(=O)Cc2ccccc2)CCNC(Cc2ccccc2)C1. The van der Waals surface area contributed by atoms with Gasteiger partial charge in [0.2, 0.25) is 5.91 Å². The number of hydrogen-bond acceptors (Lipinski definition) is 3. The Balaban J connectivity index is 1.54. The molecule has 2 aromatic carbocycles. The van der Waals surface area contributed by atoms with Gasteiger partial charge in [-0.3, -0.25) is 4.79 Å². The Morgan fingerprint density at radius 1 is 1.08 bits per heavy atom. The number of nitrogens with one attached hydrogen (secondary N) is 2. The summed E-state index contributed by atoms with van der Waals surface area (Å²) in [4.78, 5) is 12.3. The maximum atomic E-state index is 12.3. The molecule has 138 valence electrons. The topological polar surface area (TPSA) is 67.1 Å². The second-order valence-corrected chi connectivity index (χ2v) is 7.44. The summed E-state index contributed by atoms with van der Waals surface area (Å²) in [6, 6.07) is 20.8. The van der Waals surface area contributed by atoms with Crippen LogP contribution in [0.3, 0.4) is 0 Å². The van der Waals surface area contributed by atoms with Crippen molar-refractivity contribution in [2.24, 2.45) is 11.1 Å². The zero-order chi connectivity index (χ0) is 18.2. The number of nitrogens with two attached hydrogens (primary N) is 1. The van der Waals surface area contributed by atoms with E-state index in [4.69, 9.17) is 5.73 Å². The van der Waals surface area contributed by atoms with E-state index in [9.17, 15) is 4.79 Å². The molecule has 1 aliphatic heterocycles. The molecule has 1 saturated heterocycles. The number of benzene rings is 2. The third-order valence-electron chi connectivity index (χ3n) is 5.39. The van der Waals surface area contributed by atoms with E-state index in [0.717, 1.165) is 31.4 Å². The Hall–Kier alpha value is -2.17. The van der Waals surface area contributed by atoms with Crippen LogP contribution >= 0.6 is 0 Å². The minimum absolute atomic E-state index is 0.0168. The second-order valence-electron chi connectivity index (χ2n) is 7.44. The second kappa shape index (κ2) is 8.97. The third kappa shape index (κ3) is 5.16. The van der Waals surface area contributed by atoms with Gasteiger partial charge in [0.1, 0.15) is 0 Å². The minimum atomic E-state index is -0.0168. The van der Waals surface area contributed by atoms with Crippen LogP contribution in [0.15, 0.2) is 60.7 Å². The first-order valence-electron chi connectivity index (χ1n) is 9.47. The summed E-state index contributed by atoms with van der Waals surface area (Å²) in [7, 11) is 0. The largest absolute Gasteiger partial charge is 0.355 e. The van der Waals surface area contributed by atoms with Crippen LogP contribution in [0.25, 0.3) is 0 Å². The van der Waals surface area contributed by atoms with Gasteiger partial charge in [-0.1, -0.05) is 60.7 Å². The van der Waals surface area contributed by atoms with Crippen molar-refractivity contribution in [2.75, 3.05) is 19.6 Å². The molecule has 4 heteroatoms. The van der Waals surface area contributed by atoms with Crippen LogP contribution in [0.1, 0.15) is 24.0 Å². The molecular formula is C22H29N3O. The number of piperidine rings is 1. The van der Waals surface area contributed by atoms with Gasteiger partial charge in [-0.25, -0.2) is 0 Å². The monoisotopic (exact) mass is 351 g/mol. The fourth-order valence-electron chi connectivity index (χ4n) is 3.83. The smallest absolute Gasteiger partial charge is 0.224 e. The normalized spacial score (nSPS) is 22.7. The van der Waals surface area contributed by atoms with Gasteiger partial charge in [-0.2, -0.15) is 0 Å². The molecule has 2 aromatic rings. The Morgan fingerprint density at radius 3 is 2.38 bits per heavy atom. The van der Waals surface area contributed by atoms with Crippen molar-refractivity contribution in [2.45, 2.75) is 31.7 Å². The van der Waals surface area contributed by atoms with Crippen molar-refractivity contribution in [3.05, 3.63) is 71.8 Å². The Labute approximate surface area is 156 Å². The van der Waals surface area contributed by atoms with E-state index in [-0.39, 0.29) is 11.3 Å². The number of carbonyl (C=O) groups is 1. The summed E-state index contributed by atoms with van der Waals surface area (Å²) >= 11 is 0. The number of rotatable bonds is 7. The van der Waals surface area contributed by atoms with Crippen molar-refractivity contribution in [1.82, 2.24) is 10.6 Å². The molecule has 2 atom stereocenters. The van der Waals surface area contributed by atoms with Crippen molar-refractivity contribution in [3.8, 4) is 0 Å². The van der Waals surface area contributed by atoms with Gasteiger partial charge in [0.25, 0.3) is 0 Å². The first kappa shape index (κ1) is 18.6. The lowest BCUT2D eigenvalue weighted by Gasteiger charge is -2.41. The maximum Gasteiger partial charge on any atom is 0.224 e. The number of amides is 1. The molecule has 2 unspecified atom stereocenters. The average Bonchev–Trinajstić information content (AvgIpc) is 2.68. The van der Waals surface area contributed by atoms with Crippen LogP contribution in [-0.2, 0) is 17.6 Å². The summed E-state index contributed by atoms with van der Waals surface area (Å²) in [5.74, 6) is 0.0715. The molecule has 0 radical (unpaired) electrons. The molecule has 1 aliphatic rings. The predicted molar refractivity (Wildman–Crippen MR) is 106 cm³/mol. The lowest BCUT2D eigenvalue weighted by atomic mass is 9.74. The third-order valence-corrected chi connectivity index (χ3v) is 5.39. The zero-order valence-corrected chi connectivity index (χ0v) is 15.3. The molecule has 4 N–H and O–H groups in total. The molecule has 0 saturated carbocycles. The van der Waals surface area contributed by atoms with Crippen LogP contribution in [0, 0.1) is 5.41 Å². The summed E-state index contributed by atoms with van der Waals surface area (Å²) in [6.45, 7) is 2.21. The van der Waals surface area contributed by atoms with Gasteiger partial charge in [-0.15, -0.1) is 0 Å². The van der Waals surface area contributed by atoms with Gasteiger partial charge in [0, 0.05) is 18.0 Å². The van der Waals surface area contributed by atoms with Crippen LogP contribution in [0.4, 0.5) is 0 Å². The highest BCUT2D eigenvalue weighted by molar-refractivity contribution is 5.78. The molecule has 4 nitrogen and oxygen atoms in total. The van der Waals surface area contributed by atoms with E-state index >= 15 is 0 Å². The van der Waals surface area contributed by atoms with E-state index in [1.54, 1.807) is 0 Å². The number of carbonyl (C=O) groups excluding carboxylic acids is 1. The Morgan fingerprint density at radius 2 is 1.73 bits per heavy atom. The highest BCUT2D eigenvalue weighted by Crippen LogP contribution is 2.30. The van der Waals surface area contributed by atoms with Gasteiger partial charge < -0.3 is 16.4 Å². The van der Waals surface area contributed by atoms with Gasteiger partial charge >= 0.3 is 0 Å². The molecule has 0 spiro atoms. The minimum Gasteiger partial charge on any atom is -0.355 e. The highest BCUT2D eigenvalue weighted by atomic mass is 16.1. The van der Waals surface area contributed by atoms with Crippen LogP contribution in [0.5, 0.6) is 0 Å². The van der Waals surface area contributed by atoms with Crippen LogP contribution < -0.4 is 16.4 Å². The molecule has 1 fully saturated rings. The molecule has 0 aromatic heterocycles. The Kier molecular flexibility index (Phi) is 6.42. The summed E-state index contributed by atoms with van der Waals surface area (Å²) < 4.78 is 0. The molecule has 26 heavy (non-hydrogen) atoms. The van der Waals surface area contributed by atoms with Crippen molar-refractivity contribution >= 4 is 5.91 Å². The van der Waals surface area contributed by atoms with Gasteiger partial charge in [0.05, 0.1) is 6.42 Å². The molecule has 0 aliphatic carbocycles. The molecule has 1 amide bonds.